The Morgan fingerprint density at radius 2 is 0.974 bits per heavy atom. The summed E-state index contributed by atoms with van der Waals surface area (Å²) < 4.78 is 48.4. The molecule has 2 aliphatic rings. The molecule has 4 aromatic rings. The van der Waals surface area contributed by atoms with E-state index in [4.69, 9.17) is 65.8 Å². The Hall–Kier alpha value is -5.48. The highest BCUT2D eigenvalue weighted by Gasteiger charge is 2.45. The number of aliphatic hydroxyl groups is 9. The van der Waals surface area contributed by atoms with E-state index >= 15 is 0 Å². The molecule has 2 heterocycles. The monoisotopic (exact) mass is 1130 g/mol. The number of benzene rings is 4. The molecule has 2 amide bonds. The molecule has 10 N–H and O–H groups in total. The number of methoxy groups -OCH3 is 4. The first kappa shape index (κ1) is 63.4. The van der Waals surface area contributed by atoms with Gasteiger partial charge in [0, 0.05) is 41.8 Å². The van der Waals surface area contributed by atoms with E-state index < -0.39 is 80.5 Å². The van der Waals surface area contributed by atoms with E-state index in [1.807, 2.05) is 18.2 Å². The Morgan fingerprint density at radius 3 is 1.41 bits per heavy atom. The van der Waals surface area contributed by atoms with Crippen molar-refractivity contribution in [3.05, 3.63) is 129 Å². The number of nitrogens with one attached hydrogen (secondary N) is 1. The lowest BCUT2D eigenvalue weighted by atomic mass is 9.96. The minimum Gasteiger partial charge on any atom is -0.493 e. The van der Waals surface area contributed by atoms with Crippen molar-refractivity contribution in [2.45, 2.75) is 61.4 Å². The number of nitrogens with zero attached hydrogens (tertiary/aromatic N) is 1. The molecule has 0 unspecified atom stereocenters. The predicted octanol–water partition coefficient (Wildman–Crippen LogP) is 1.16. The predicted molar refractivity (Wildman–Crippen MR) is 283 cm³/mol. The summed E-state index contributed by atoms with van der Waals surface area (Å²) in [4.78, 5) is 27.5. The van der Waals surface area contributed by atoms with Crippen molar-refractivity contribution in [2.75, 3.05) is 94.3 Å². The van der Waals surface area contributed by atoms with Crippen LogP contribution in [0.3, 0.4) is 0 Å². The van der Waals surface area contributed by atoms with Gasteiger partial charge in [0.05, 0.1) is 74.7 Å². The molecule has 22 nitrogen and oxygen atoms in total. The van der Waals surface area contributed by atoms with Gasteiger partial charge in [0.15, 0.2) is 35.6 Å². The van der Waals surface area contributed by atoms with Gasteiger partial charge in [-0.3, -0.25) is 9.59 Å². The zero-order valence-electron chi connectivity index (χ0n) is 43.3. The number of amides is 2. The molecular weight excluding hydrogens is 1070 g/mol. The largest absolute Gasteiger partial charge is 0.493 e. The van der Waals surface area contributed by atoms with Crippen LogP contribution < -0.4 is 24.3 Å². The fraction of sp³-hybridized carbons (Fsp3) is 0.444. The number of hydrogen-bond acceptors (Lipinski definition) is 20. The van der Waals surface area contributed by atoms with Gasteiger partial charge in [-0.1, -0.05) is 59.6 Å². The summed E-state index contributed by atoms with van der Waals surface area (Å²) in [7, 11) is 6.12. The first-order chi connectivity index (χ1) is 37.5. The van der Waals surface area contributed by atoms with Gasteiger partial charge in [-0.15, -0.1) is 0 Å². The molecule has 2 saturated heterocycles. The van der Waals surface area contributed by atoms with Crippen LogP contribution in [0.25, 0.3) is 11.1 Å². The van der Waals surface area contributed by atoms with E-state index in [1.165, 1.54) is 38.4 Å². The van der Waals surface area contributed by atoms with Crippen LogP contribution in [0, 0.1) is 0 Å². The van der Waals surface area contributed by atoms with Crippen LogP contribution in [0.15, 0.2) is 97.1 Å². The molecule has 24 heteroatoms. The molecule has 428 valence electrons. The van der Waals surface area contributed by atoms with E-state index in [1.54, 1.807) is 73.8 Å². The molecule has 0 spiro atoms. The summed E-state index contributed by atoms with van der Waals surface area (Å²) in [5.41, 5.74) is 4.12. The SMILES string of the molecule is COc1ccc(/C(=C\C(=O)N(CCO)CCO[C@@H]2O[C@H](CO)[C@@H](O)[C@H](O)[C@H]2O)c2ccc(Cl)cc2)cc1OC.COc1ccc(/C(=C\C(=O)NCCOCCO[C@@H]2O[C@H](CO)[C@@H](O)[C@H](O)[C@H]2O)c2ccc(Cl)cc2)cc1OC. The highest BCUT2D eigenvalue weighted by molar-refractivity contribution is 6.31. The third-order valence-corrected chi connectivity index (χ3v) is 12.8. The number of halogens is 2. The fourth-order valence-corrected chi connectivity index (χ4v) is 8.30. The Morgan fingerprint density at radius 1 is 0.538 bits per heavy atom. The highest BCUT2D eigenvalue weighted by Crippen LogP contribution is 2.35. The third kappa shape index (κ3) is 17.5. The summed E-state index contributed by atoms with van der Waals surface area (Å²) in [5.74, 6) is 1.32. The van der Waals surface area contributed by atoms with Crippen molar-refractivity contribution >= 4 is 46.2 Å². The molecule has 10 atom stereocenters. The zero-order valence-corrected chi connectivity index (χ0v) is 44.8. The number of ether oxygens (including phenoxy) is 9. The lowest BCUT2D eigenvalue weighted by Crippen LogP contribution is -2.59. The van der Waals surface area contributed by atoms with Gasteiger partial charge in [0.1, 0.15) is 48.8 Å². The highest BCUT2D eigenvalue weighted by atomic mass is 35.5. The van der Waals surface area contributed by atoms with E-state index in [9.17, 15) is 55.5 Å². The molecule has 0 saturated carbocycles. The lowest BCUT2D eigenvalue weighted by molar-refractivity contribution is -0.302. The minimum atomic E-state index is -1.58. The zero-order chi connectivity index (χ0) is 56.9. The van der Waals surface area contributed by atoms with Gasteiger partial charge in [-0.05, 0) is 81.9 Å². The first-order valence-electron chi connectivity index (χ1n) is 24.5. The van der Waals surface area contributed by atoms with Crippen LogP contribution in [-0.4, -0.2) is 218 Å². The molecule has 6 rings (SSSR count). The van der Waals surface area contributed by atoms with Gasteiger partial charge in [-0.25, -0.2) is 0 Å². The average molecular weight is 1140 g/mol. The number of carbonyl (C=O) groups is 2. The van der Waals surface area contributed by atoms with Crippen LogP contribution in [-0.2, 0) is 33.3 Å². The van der Waals surface area contributed by atoms with Crippen LogP contribution >= 0.6 is 23.2 Å². The van der Waals surface area contributed by atoms with Gasteiger partial charge in [0.25, 0.3) is 0 Å². The smallest absolute Gasteiger partial charge is 0.247 e. The maximum Gasteiger partial charge on any atom is 0.247 e. The minimum absolute atomic E-state index is 0.00471. The Balaban J connectivity index is 0.000000287. The van der Waals surface area contributed by atoms with Crippen LogP contribution in [0.1, 0.15) is 22.3 Å². The Bertz CT molecular complexity index is 2550. The van der Waals surface area contributed by atoms with Gasteiger partial charge < -0.3 is 98.8 Å². The van der Waals surface area contributed by atoms with E-state index in [-0.39, 0.29) is 58.6 Å². The Kier molecular flexibility index (Phi) is 25.9. The van der Waals surface area contributed by atoms with Gasteiger partial charge in [-0.2, -0.15) is 0 Å². The number of hydrogen-bond donors (Lipinski definition) is 10. The second kappa shape index (κ2) is 31.9. The Labute approximate surface area is 461 Å². The van der Waals surface area contributed by atoms with Crippen molar-refractivity contribution in [1.29, 1.82) is 0 Å². The quantitative estimate of drug-likeness (QED) is 0.0329. The third-order valence-electron chi connectivity index (χ3n) is 12.3. The molecular formula is C54H68Cl2N2O20. The van der Waals surface area contributed by atoms with Crippen molar-refractivity contribution in [2.24, 2.45) is 0 Å². The lowest BCUT2D eigenvalue weighted by Gasteiger charge is -2.39. The molecule has 0 bridgehead atoms. The first-order valence-corrected chi connectivity index (χ1v) is 25.3. The molecule has 78 heavy (non-hydrogen) atoms. The van der Waals surface area contributed by atoms with Crippen molar-refractivity contribution in [1.82, 2.24) is 10.2 Å². The molecule has 0 radical (unpaired) electrons. The summed E-state index contributed by atoms with van der Waals surface area (Å²) in [6.45, 7) is -1.05. The summed E-state index contributed by atoms with van der Waals surface area (Å²) >= 11 is 12.1. The standard InChI is InChI=1S/2C27H34ClNO10/c1-36-20-8-5-17(13-21(20)37-2)19(16-3-6-18(28)7-4-16)14-23(32)29(9-11-30)10-12-38-27-26(35)25(34)24(33)22(15-31)39-27;1-35-20-8-5-17(13-21(20)36-2)19(16-3-6-18(28)7-4-16)14-23(31)29-9-10-37-11-12-38-27-26(34)25(33)24(32)22(15-30)39-27/h3-8,13-14,22,24-27,30-31,33-35H,9-12,15H2,1-2H3;3-8,13-14,22,24-27,30,32-34H,9-12,15H2,1-2H3,(H,29,31)/b2*19-14-/t2*22-,24-,25+,26-,27-/m11/s1. The van der Waals surface area contributed by atoms with E-state index in [2.05, 4.69) is 5.32 Å². The second-order valence-corrected chi connectivity index (χ2v) is 18.2. The molecule has 0 aromatic heterocycles. The molecule has 2 aliphatic heterocycles. The normalized spacial score (nSPS) is 23.4. The van der Waals surface area contributed by atoms with Crippen molar-refractivity contribution in [3.63, 3.8) is 0 Å². The van der Waals surface area contributed by atoms with E-state index in [0.29, 0.717) is 55.3 Å². The number of rotatable bonds is 25. The number of aliphatic hydroxyl groups excluding tert-OH is 9. The fourth-order valence-electron chi connectivity index (χ4n) is 8.04. The maximum atomic E-state index is 13.4. The van der Waals surface area contributed by atoms with Crippen LogP contribution in [0.5, 0.6) is 23.0 Å². The molecule has 0 aliphatic carbocycles. The van der Waals surface area contributed by atoms with E-state index in [0.717, 1.165) is 11.1 Å². The molecule has 4 aromatic carbocycles. The average Bonchev–Trinajstić information content (AvgIpc) is 3.46. The maximum absolute atomic E-state index is 13.4. The van der Waals surface area contributed by atoms with Gasteiger partial charge in [0.2, 0.25) is 11.8 Å². The second-order valence-electron chi connectivity index (χ2n) is 17.4. The summed E-state index contributed by atoms with van der Waals surface area (Å²) in [6.07, 6.45) is -10.9. The topological polar surface area (TPSA) is 315 Å². The van der Waals surface area contributed by atoms with Crippen LogP contribution in [0.2, 0.25) is 10.0 Å². The van der Waals surface area contributed by atoms with Crippen molar-refractivity contribution in [3.8, 4) is 23.0 Å². The molecule has 2 fully saturated rings. The number of carbonyl (C=O) groups excluding carboxylic acids is 2. The van der Waals surface area contributed by atoms with Crippen LogP contribution in [0.4, 0.5) is 0 Å². The summed E-state index contributed by atoms with van der Waals surface area (Å²) in [5, 5.41) is 91.6. The van der Waals surface area contributed by atoms with Gasteiger partial charge >= 0.3 is 0 Å². The van der Waals surface area contributed by atoms with Crippen molar-refractivity contribution < 1.29 is 98.2 Å². The summed E-state index contributed by atoms with van der Waals surface area (Å²) in [6, 6.07) is 24.7.